The van der Waals surface area contributed by atoms with E-state index >= 15 is 0 Å². The molecule has 1 heterocycles. The first-order valence-corrected chi connectivity index (χ1v) is 8.75. The minimum atomic E-state index is 1.33. The summed E-state index contributed by atoms with van der Waals surface area (Å²) in [6, 6.07) is 24.7. The van der Waals surface area contributed by atoms with Gasteiger partial charge < -0.3 is 0 Å². The quantitative estimate of drug-likeness (QED) is 0.210. The Labute approximate surface area is 136 Å². The predicted octanol–water partition coefficient (Wildman–Crippen LogP) is 6.95. The summed E-state index contributed by atoms with van der Waals surface area (Å²) in [4.78, 5) is 0. The van der Waals surface area contributed by atoms with E-state index in [-0.39, 0.29) is 0 Å². The first-order valence-electron chi connectivity index (χ1n) is 7.87. The van der Waals surface area contributed by atoms with Crippen molar-refractivity contribution in [3.05, 3.63) is 72.1 Å². The molecule has 0 N–H and O–H groups in total. The van der Waals surface area contributed by atoms with E-state index in [0.717, 1.165) is 0 Å². The van der Waals surface area contributed by atoms with Crippen LogP contribution in [0.25, 0.3) is 53.2 Å². The molecular weight excluding hydrogens is 296 g/mol. The van der Waals surface area contributed by atoms with Gasteiger partial charge >= 0.3 is 0 Å². The maximum absolute atomic E-state index is 2.35. The summed E-state index contributed by atoms with van der Waals surface area (Å²) in [6.45, 7) is 0. The summed E-state index contributed by atoms with van der Waals surface area (Å²) < 4.78 is 1.38. The summed E-state index contributed by atoms with van der Waals surface area (Å²) in [5.41, 5.74) is 0. The molecule has 0 saturated carbocycles. The van der Waals surface area contributed by atoms with Crippen LogP contribution in [-0.4, -0.2) is 0 Å². The molecule has 23 heavy (non-hydrogen) atoms. The van der Waals surface area contributed by atoms with Gasteiger partial charge in [-0.15, -0.1) is 11.3 Å². The highest BCUT2D eigenvalue weighted by Crippen LogP contribution is 2.44. The smallest absolute Gasteiger partial charge is 0.0355 e. The zero-order chi connectivity index (χ0) is 15.0. The van der Waals surface area contributed by atoms with Gasteiger partial charge in [0, 0.05) is 10.1 Å². The molecule has 0 aliphatic heterocycles. The molecule has 5 aromatic carbocycles. The van der Waals surface area contributed by atoms with Crippen LogP contribution in [0.3, 0.4) is 0 Å². The van der Waals surface area contributed by atoms with E-state index in [4.69, 9.17) is 0 Å². The molecule has 1 aromatic heterocycles. The number of benzene rings is 5. The van der Waals surface area contributed by atoms with Crippen LogP contribution < -0.4 is 0 Å². The van der Waals surface area contributed by atoms with E-state index in [1.54, 1.807) is 0 Å². The maximum atomic E-state index is 2.35. The number of thiophene rings is 1. The average molecular weight is 308 g/mol. The molecular formula is C22H12S. The fraction of sp³-hybridized carbons (Fsp3) is 0. The summed E-state index contributed by atoms with van der Waals surface area (Å²) >= 11 is 1.83. The Balaban J connectivity index is 2.17. The van der Waals surface area contributed by atoms with Crippen molar-refractivity contribution in [1.29, 1.82) is 0 Å². The maximum Gasteiger partial charge on any atom is 0.0355 e. The molecule has 0 saturated heterocycles. The second kappa shape index (κ2) is 4.01. The van der Waals surface area contributed by atoms with Gasteiger partial charge in [0.2, 0.25) is 0 Å². The summed E-state index contributed by atoms with van der Waals surface area (Å²) in [5, 5.41) is 14.6. The van der Waals surface area contributed by atoms with Gasteiger partial charge in [-0.1, -0.05) is 54.6 Å². The number of hydrogen-bond acceptors (Lipinski definition) is 1. The highest BCUT2D eigenvalue weighted by Gasteiger charge is 2.15. The first kappa shape index (κ1) is 11.9. The predicted molar refractivity (Wildman–Crippen MR) is 103 cm³/mol. The molecule has 0 nitrogen and oxygen atoms in total. The molecule has 0 atom stereocenters. The van der Waals surface area contributed by atoms with E-state index in [1.165, 1.54) is 53.2 Å². The second-order valence-corrected chi connectivity index (χ2v) is 7.14. The lowest BCUT2D eigenvalue weighted by Crippen LogP contribution is -1.87. The molecule has 0 fully saturated rings. The third kappa shape index (κ3) is 1.37. The molecule has 1 heteroatoms. The second-order valence-electron chi connectivity index (χ2n) is 6.20. The lowest BCUT2D eigenvalue weighted by molar-refractivity contribution is 1.81. The van der Waals surface area contributed by atoms with Crippen LogP contribution in [0, 0.1) is 0 Å². The lowest BCUT2D eigenvalue weighted by Gasteiger charge is -2.15. The Morgan fingerprint density at radius 1 is 0.522 bits per heavy atom. The molecule has 0 unspecified atom stereocenters. The zero-order valence-electron chi connectivity index (χ0n) is 12.3. The van der Waals surface area contributed by atoms with E-state index < -0.39 is 0 Å². The SMILES string of the molecule is c1ccc2c(c1)c1cccc3ccc4cc5sccc5c2c4c31. The minimum absolute atomic E-state index is 1.33. The number of fused-ring (bicyclic) bond motifs is 5. The van der Waals surface area contributed by atoms with Gasteiger partial charge in [-0.25, -0.2) is 0 Å². The van der Waals surface area contributed by atoms with Crippen LogP contribution in [0.5, 0.6) is 0 Å². The van der Waals surface area contributed by atoms with Gasteiger partial charge in [0.1, 0.15) is 0 Å². The highest BCUT2D eigenvalue weighted by molar-refractivity contribution is 7.17. The molecule has 0 aliphatic carbocycles. The standard InChI is InChI=1S/C22H12S/c1-2-6-17-15(5-1)16-7-3-4-13-8-9-14-12-19-18(10-11-23-19)22(17)21(14)20(13)16/h1-12H. The third-order valence-corrected chi connectivity index (χ3v) is 5.93. The molecule has 6 rings (SSSR count). The molecule has 106 valence electrons. The van der Waals surface area contributed by atoms with Crippen molar-refractivity contribution in [2.24, 2.45) is 0 Å². The van der Waals surface area contributed by atoms with Gasteiger partial charge in [0.05, 0.1) is 0 Å². The molecule has 0 aliphatic rings. The van der Waals surface area contributed by atoms with Gasteiger partial charge in [0.15, 0.2) is 0 Å². The van der Waals surface area contributed by atoms with Crippen LogP contribution in [-0.2, 0) is 0 Å². The van der Waals surface area contributed by atoms with Crippen molar-refractivity contribution in [3.63, 3.8) is 0 Å². The first-order chi connectivity index (χ1) is 11.4. The van der Waals surface area contributed by atoms with Crippen LogP contribution in [0.15, 0.2) is 72.1 Å². The fourth-order valence-electron chi connectivity index (χ4n) is 4.14. The van der Waals surface area contributed by atoms with Crippen LogP contribution in [0.4, 0.5) is 0 Å². The van der Waals surface area contributed by atoms with Crippen molar-refractivity contribution in [2.75, 3.05) is 0 Å². The van der Waals surface area contributed by atoms with E-state index in [1.807, 2.05) is 11.3 Å². The van der Waals surface area contributed by atoms with Gasteiger partial charge in [-0.3, -0.25) is 0 Å². The largest absolute Gasteiger partial charge is 0.144 e. The molecule has 0 bridgehead atoms. The number of hydrogen-bond donors (Lipinski definition) is 0. The zero-order valence-corrected chi connectivity index (χ0v) is 13.2. The van der Waals surface area contributed by atoms with Crippen molar-refractivity contribution in [2.45, 2.75) is 0 Å². The molecule has 0 amide bonds. The molecule has 0 radical (unpaired) electrons. The topological polar surface area (TPSA) is 0 Å². The fourth-order valence-corrected chi connectivity index (χ4v) is 4.98. The lowest BCUT2D eigenvalue weighted by atomic mass is 9.88. The Bertz CT molecular complexity index is 1350. The summed E-state index contributed by atoms with van der Waals surface area (Å²) in [5.74, 6) is 0. The Morgan fingerprint density at radius 2 is 1.30 bits per heavy atom. The Morgan fingerprint density at radius 3 is 2.26 bits per heavy atom. The molecule has 0 spiro atoms. The van der Waals surface area contributed by atoms with Crippen LogP contribution >= 0.6 is 11.3 Å². The third-order valence-electron chi connectivity index (χ3n) is 5.07. The number of rotatable bonds is 0. The summed E-state index contributed by atoms with van der Waals surface area (Å²) in [6.07, 6.45) is 0. The van der Waals surface area contributed by atoms with Gasteiger partial charge in [-0.05, 0) is 60.6 Å². The normalized spacial score (nSPS) is 12.3. The monoisotopic (exact) mass is 308 g/mol. The Kier molecular flexibility index (Phi) is 2.07. The van der Waals surface area contributed by atoms with Gasteiger partial charge in [-0.2, -0.15) is 0 Å². The summed E-state index contributed by atoms with van der Waals surface area (Å²) in [7, 11) is 0. The van der Waals surface area contributed by atoms with Crippen molar-refractivity contribution in [1.82, 2.24) is 0 Å². The van der Waals surface area contributed by atoms with Gasteiger partial charge in [0.25, 0.3) is 0 Å². The van der Waals surface area contributed by atoms with Crippen molar-refractivity contribution in [3.8, 4) is 0 Å². The molecule has 6 aromatic rings. The van der Waals surface area contributed by atoms with Crippen molar-refractivity contribution >= 4 is 64.5 Å². The van der Waals surface area contributed by atoms with Crippen molar-refractivity contribution < 1.29 is 0 Å². The van der Waals surface area contributed by atoms with Crippen LogP contribution in [0.2, 0.25) is 0 Å². The van der Waals surface area contributed by atoms with E-state index in [9.17, 15) is 0 Å². The van der Waals surface area contributed by atoms with Crippen LogP contribution in [0.1, 0.15) is 0 Å². The average Bonchev–Trinajstić information content (AvgIpc) is 3.07. The minimum Gasteiger partial charge on any atom is -0.144 e. The Hall–Kier alpha value is -2.64. The van der Waals surface area contributed by atoms with E-state index in [0.29, 0.717) is 0 Å². The highest BCUT2D eigenvalue weighted by atomic mass is 32.1. The van der Waals surface area contributed by atoms with E-state index in [2.05, 4.69) is 72.1 Å².